The quantitative estimate of drug-likeness (QED) is 0.555. The van der Waals surface area contributed by atoms with Crippen LogP contribution in [0.4, 0.5) is 38.2 Å². The van der Waals surface area contributed by atoms with E-state index in [0.29, 0.717) is 6.92 Å². The summed E-state index contributed by atoms with van der Waals surface area (Å²) in [6.45, 7) is -3.31. The highest BCUT2D eigenvalue weighted by Gasteiger charge is 2.38. The lowest BCUT2D eigenvalue weighted by Crippen LogP contribution is -2.35. The van der Waals surface area contributed by atoms with Crippen LogP contribution in [-0.4, -0.2) is 44.3 Å². The van der Waals surface area contributed by atoms with Gasteiger partial charge in [-0.25, -0.2) is 4.98 Å². The van der Waals surface area contributed by atoms with Gasteiger partial charge in [-0.2, -0.15) is 41.3 Å². The minimum atomic E-state index is -5.67. The SMILES string of the molecule is [2H]c1cc(Cl)nc(-c2nc(NC(C)C(F)(F)F)nc(NC([2H])(C([2H])([2H])[2H])C(F)(F)F)n2)c1. The van der Waals surface area contributed by atoms with Crippen molar-refractivity contribution in [1.82, 2.24) is 19.9 Å². The zero-order valence-electron chi connectivity index (χ0n) is 18.2. The molecule has 2 rings (SSSR count). The van der Waals surface area contributed by atoms with E-state index in [1.165, 1.54) is 5.32 Å². The van der Waals surface area contributed by atoms with Crippen LogP contribution in [0.5, 0.6) is 0 Å². The van der Waals surface area contributed by atoms with Crippen molar-refractivity contribution >= 4 is 23.5 Å². The molecular formula is C14H13ClF6N6. The first-order chi connectivity index (χ1) is 14.3. The van der Waals surface area contributed by atoms with Gasteiger partial charge in [-0.1, -0.05) is 17.6 Å². The summed E-state index contributed by atoms with van der Waals surface area (Å²) in [5, 5.41) is 2.87. The first-order valence-electron chi connectivity index (χ1n) is 9.42. The second-order valence-corrected chi connectivity index (χ2v) is 5.37. The number of nitrogens with one attached hydrogen (secondary N) is 2. The summed E-state index contributed by atoms with van der Waals surface area (Å²) in [5.74, 6) is -2.71. The van der Waals surface area contributed by atoms with Crippen LogP contribution >= 0.6 is 11.6 Å². The Morgan fingerprint density at radius 2 is 1.67 bits per heavy atom. The molecule has 2 heterocycles. The normalized spacial score (nSPS) is 18.9. The molecule has 0 aliphatic carbocycles. The number of pyridine rings is 1. The zero-order valence-corrected chi connectivity index (χ0v) is 13.9. The van der Waals surface area contributed by atoms with Gasteiger partial charge < -0.3 is 10.6 Å². The molecule has 6 nitrogen and oxygen atoms in total. The average molecular weight is 420 g/mol. The summed E-state index contributed by atoms with van der Waals surface area (Å²) in [7, 11) is 0. The van der Waals surface area contributed by atoms with E-state index in [4.69, 9.17) is 18.5 Å². The first kappa shape index (κ1) is 14.7. The van der Waals surface area contributed by atoms with Gasteiger partial charge in [-0.3, -0.25) is 0 Å². The third-order valence-electron chi connectivity index (χ3n) is 2.87. The van der Waals surface area contributed by atoms with E-state index in [-0.39, 0.29) is 16.9 Å². The molecule has 0 saturated heterocycles. The van der Waals surface area contributed by atoms with Crippen LogP contribution in [-0.2, 0) is 0 Å². The molecule has 0 aromatic carbocycles. The third-order valence-corrected chi connectivity index (χ3v) is 3.06. The lowest BCUT2D eigenvalue weighted by molar-refractivity contribution is -0.139. The largest absolute Gasteiger partial charge is 0.408 e. The van der Waals surface area contributed by atoms with Crippen molar-refractivity contribution in [2.45, 2.75) is 38.2 Å². The molecule has 27 heavy (non-hydrogen) atoms. The molecule has 148 valence electrons. The predicted molar refractivity (Wildman–Crippen MR) is 86.3 cm³/mol. The third kappa shape index (κ3) is 5.81. The predicted octanol–water partition coefficient (Wildman–Crippen LogP) is 4.31. The number of anilines is 2. The van der Waals surface area contributed by atoms with Gasteiger partial charge in [0.25, 0.3) is 0 Å². The highest BCUT2D eigenvalue weighted by molar-refractivity contribution is 6.29. The lowest BCUT2D eigenvalue weighted by atomic mass is 10.3. The van der Waals surface area contributed by atoms with Gasteiger partial charge >= 0.3 is 12.4 Å². The highest BCUT2D eigenvalue weighted by atomic mass is 35.5. The highest BCUT2D eigenvalue weighted by Crippen LogP contribution is 2.26. The molecule has 0 aliphatic heterocycles. The minimum Gasteiger partial charge on any atom is -0.343 e. The van der Waals surface area contributed by atoms with Crippen LogP contribution in [0, 0.1) is 0 Å². The Bertz CT molecular complexity index is 952. The maximum absolute atomic E-state index is 13.4. The van der Waals surface area contributed by atoms with Crippen LogP contribution < -0.4 is 10.6 Å². The zero-order chi connectivity index (χ0) is 24.7. The van der Waals surface area contributed by atoms with E-state index in [0.717, 1.165) is 12.1 Å². The summed E-state index contributed by atoms with van der Waals surface area (Å²) in [5.41, 5.74) is -0.327. The molecule has 13 heteroatoms. The van der Waals surface area contributed by atoms with Crippen molar-refractivity contribution in [3.63, 3.8) is 0 Å². The molecule has 2 unspecified atom stereocenters. The van der Waals surface area contributed by atoms with Gasteiger partial charge in [0.2, 0.25) is 11.9 Å². The number of nitrogens with zero attached hydrogens (tertiary/aromatic N) is 4. The topological polar surface area (TPSA) is 75.6 Å². The molecule has 2 N–H and O–H groups in total. The number of aromatic nitrogens is 4. The van der Waals surface area contributed by atoms with Gasteiger partial charge in [0.05, 0.1) is 2.74 Å². The summed E-state index contributed by atoms with van der Waals surface area (Å²) < 4.78 is 115. The van der Waals surface area contributed by atoms with Crippen LogP contribution in [0.1, 0.15) is 20.6 Å². The molecule has 0 amide bonds. The number of hydrogen-bond donors (Lipinski definition) is 2. The van der Waals surface area contributed by atoms with Crippen molar-refractivity contribution in [3.05, 3.63) is 23.3 Å². The van der Waals surface area contributed by atoms with Crippen molar-refractivity contribution in [2.75, 3.05) is 10.6 Å². The fourth-order valence-electron chi connectivity index (χ4n) is 1.55. The number of alkyl halides is 6. The Labute approximate surface area is 161 Å². The molecular weight excluding hydrogens is 402 g/mol. The van der Waals surface area contributed by atoms with Crippen molar-refractivity contribution in [2.24, 2.45) is 0 Å². The minimum absolute atomic E-state index is 0.235. The number of hydrogen-bond acceptors (Lipinski definition) is 6. The molecule has 2 atom stereocenters. The van der Waals surface area contributed by atoms with Gasteiger partial charge in [0.1, 0.15) is 22.9 Å². The van der Waals surface area contributed by atoms with Crippen molar-refractivity contribution in [1.29, 1.82) is 0 Å². The Balaban J connectivity index is 2.64. The van der Waals surface area contributed by atoms with Crippen molar-refractivity contribution in [3.8, 4) is 11.5 Å². The fraction of sp³-hybridized carbons (Fsp3) is 0.429. The van der Waals surface area contributed by atoms with E-state index < -0.39 is 49.0 Å². The van der Waals surface area contributed by atoms with E-state index >= 15 is 0 Å². The molecule has 0 spiro atoms. The second-order valence-electron chi connectivity index (χ2n) is 4.99. The van der Waals surface area contributed by atoms with Crippen LogP contribution in [0.3, 0.4) is 0 Å². The van der Waals surface area contributed by atoms with Gasteiger partial charge in [-0.15, -0.1) is 0 Å². The Morgan fingerprint density at radius 1 is 1.04 bits per heavy atom. The lowest BCUT2D eigenvalue weighted by Gasteiger charge is -2.20. The summed E-state index contributed by atoms with van der Waals surface area (Å²) in [6, 6.07) is -4.72. The molecule has 0 saturated carbocycles. The number of halogens is 7. The van der Waals surface area contributed by atoms with Gasteiger partial charge in [-0.05, 0) is 25.9 Å². The number of rotatable bonds is 5. The van der Waals surface area contributed by atoms with E-state index in [2.05, 4.69) is 19.9 Å². The van der Waals surface area contributed by atoms with Gasteiger partial charge in [0.15, 0.2) is 5.82 Å². The second kappa shape index (κ2) is 7.71. The smallest absolute Gasteiger partial charge is 0.343 e. The molecule has 2 aromatic heterocycles. The monoisotopic (exact) mass is 419 g/mol. The summed E-state index contributed by atoms with van der Waals surface area (Å²) >= 11 is 5.71. The molecule has 2 aromatic rings. The Hall–Kier alpha value is -2.37. The summed E-state index contributed by atoms with van der Waals surface area (Å²) in [4.78, 5) is 14.3. The summed E-state index contributed by atoms with van der Waals surface area (Å²) in [6.07, 6.45) is -10.5. The molecule has 0 bridgehead atoms. The van der Waals surface area contributed by atoms with Gasteiger partial charge in [0, 0.05) is 4.11 Å². The van der Waals surface area contributed by atoms with Crippen LogP contribution in [0.25, 0.3) is 11.5 Å². The average Bonchev–Trinajstić information content (AvgIpc) is 2.57. The molecule has 0 radical (unpaired) electrons. The standard InChI is InChI=1S/C14H13ClF6N6/c1-6(13(16,17)18)22-11-25-10(8-4-3-5-9(15)24-8)26-12(27-11)23-7(2)14(19,20)21/h3-7H,1-2H3,(H2,22,23,25,26,27)/i1D3,3D,6D. The Kier molecular flexibility index (Phi) is 4.18. The Morgan fingerprint density at radius 3 is 2.19 bits per heavy atom. The van der Waals surface area contributed by atoms with E-state index in [9.17, 15) is 26.3 Å². The van der Waals surface area contributed by atoms with Crippen LogP contribution in [0.15, 0.2) is 18.2 Å². The van der Waals surface area contributed by atoms with E-state index in [1.54, 1.807) is 5.32 Å². The van der Waals surface area contributed by atoms with Crippen LogP contribution in [0.2, 0.25) is 5.15 Å². The van der Waals surface area contributed by atoms with Crippen molar-refractivity contribution < 1.29 is 33.2 Å². The molecule has 0 aliphatic rings. The fourth-order valence-corrected chi connectivity index (χ4v) is 1.71. The molecule has 0 fully saturated rings. The maximum Gasteiger partial charge on any atom is 0.408 e. The first-order valence-corrected chi connectivity index (χ1v) is 7.30. The van der Waals surface area contributed by atoms with E-state index in [1.807, 2.05) is 0 Å². The maximum atomic E-state index is 13.4.